The summed E-state index contributed by atoms with van der Waals surface area (Å²) in [4.78, 5) is 0. The van der Waals surface area contributed by atoms with Crippen molar-refractivity contribution < 1.29 is 4.74 Å². The summed E-state index contributed by atoms with van der Waals surface area (Å²) in [6.07, 6.45) is 6.79. The SMILES string of the molecule is CCCn1ncc(OC)c1C(C)CCNC1CC1. The molecule has 0 aliphatic heterocycles. The first kappa shape index (κ1) is 13.4. The lowest BCUT2D eigenvalue weighted by Crippen LogP contribution is -2.20. The smallest absolute Gasteiger partial charge is 0.160 e. The number of aromatic nitrogens is 2. The van der Waals surface area contributed by atoms with Gasteiger partial charge in [0, 0.05) is 18.5 Å². The van der Waals surface area contributed by atoms with Crippen molar-refractivity contribution in [3.63, 3.8) is 0 Å². The molecule has 1 aromatic rings. The van der Waals surface area contributed by atoms with Gasteiger partial charge in [0.2, 0.25) is 0 Å². The summed E-state index contributed by atoms with van der Waals surface area (Å²) < 4.78 is 7.53. The zero-order chi connectivity index (χ0) is 13.0. The molecule has 18 heavy (non-hydrogen) atoms. The molecule has 2 rings (SSSR count). The summed E-state index contributed by atoms with van der Waals surface area (Å²) in [7, 11) is 1.73. The molecule has 0 aromatic carbocycles. The molecule has 0 amide bonds. The lowest BCUT2D eigenvalue weighted by Gasteiger charge is -2.15. The van der Waals surface area contributed by atoms with Gasteiger partial charge in [-0.05, 0) is 32.2 Å². The van der Waals surface area contributed by atoms with E-state index < -0.39 is 0 Å². The van der Waals surface area contributed by atoms with E-state index in [1.165, 1.54) is 18.5 Å². The number of rotatable bonds is 8. The van der Waals surface area contributed by atoms with Crippen LogP contribution in [0.2, 0.25) is 0 Å². The zero-order valence-electron chi connectivity index (χ0n) is 11.8. The number of ether oxygens (including phenoxy) is 1. The molecule has 4 heteroatoms. The predicted octanol–water partition coefficient (Wildman–Crippen LogP) is 2.55. The van der Waals surface area contributed by atoms with Crippen molar-refractivity contribution >= 4 is 0 Å². The van der Waals surface area contributed by atoms with E-state index in [0.29, 0.717) is 5.92 Å². The fourth-order valence-electron chi connectivity index (χ4n) is 2.35. The van der Waals surface area contributed by atoms with Crippen molar-refractivity contribution in [1.82, 2.24) is 15.1 Å². The molecule has 1 unspecified atom stereocenters. The van der Waals surface area contributed by atoms with Crippen molar-refractivity contribution in [1.29, 1.82) is 0 Å². The van der Waals surface area contributed by atoms with Crippen LogP contribution < -0.4 is 10.1 Å². The highest BCUT2D eigenvalue weighted by molar-refractivity contribution is 5.28. The molecule has 0 saturated heterocycles. The molecule has 4 nitrogen and oxygen atoms in total. The molecule has 1 atom stereocenters. The van der Waals surface area contributed by atoms with Crippen LogP contribution in [-0.2, 0) is 6.54 Å². The Morgan fingerprint density at radius 2 is 2.33 bits per heavy atom. The van der Waals surface area contributed by atoms with Crippen LogP contribution >= 0.6 is 0 Å². The first-order chi connectivity index (χ1) is 8.76. The van der Waals surface area contributed by atoms with E-state index in [0.717, 1.165) is 37.7 Å². The minimum Gasteiger partial charge on any atom is -0.493 e. The van der Waals surface area contributed by atoms with Gasteiger partial charge in [-0.3, -0.25) is 4.68 Å². The van der Waals surface area contributed by atoms with Crippen molar-refractivity contribution in [2.45, 2.75) is 58.0 Å². The molecule has 1 N–H and O–H groups in total. The van der Waals surface area contributed by atoms with Gasteiger partial charge >= 0.3 is 0 Å². The Bertz CT molecular complexity index is 371. The largest absolute Gasteiger partial charge is 0.493 e. The molecule has 0 bridgehead atoms. The lowest BCUT2D eigenvalue weighted by atomic mass is 10.0. The monoisotopic (exact) mass is 251 g/mol. The van der Waals surface area contributed by atoms with Gasteiger partial charge in [-0.25, -0.2) is 0 Å². The third-order valence-electron chi connectivity index (χ3n) is 3.55. The van der Waals surface area contributed by atoms with E-state index in [4.69, 9.17) is 4.74 Å². The molecule has 1 heterocycles. The Balaban J connectivity index is 1.96. The Kier molecular flexibility index (Phi) is 4.64. The highest BCUT2D eigenvalue weighted by Crippen LogP contribution is 2.29. The highest BCUT2D eigenvalue weighted by Gasteiger charge is 2.22. The number of methoxy groups -OCH3 is 1. The van der Waals surface area contributed by atoms with Gasteiger partial charge in [-0.1, -0.05) is 13.8 Å². The Morgan fingerprint density at radius 3 is 2.94 bits per heavy atom. The van der Waals surface area contributed by atoms with Crippen molar-refractivity contribution in [2.24, 2.45) is 0 Å². The van der Waals surface area contributed by atoms with Gasteiger partial charge in [0.15, 0.2) is 5.75 Å². The number of nitrogens with one attached hydrogen (secondary N) is 1. The summed E-state index contributed by atoms with van der Waals surface area (Å²) >= 11 is 0. The van der Waals surface area contributed by atoms with Crippen molar-refractivity contribution in [2.75, 3.05) is 13.7 Å². The van der Waals surface area contributed by atoms with E-state index in [2.05, 4.69) is 28.9 Å². The number of nitrogens with zero attached hydrogens (tertiary/aromatic N) is 2. The van der Waals surface area contributed by atoms with Gasteiger partial charge in [-0.15, -0.1) is 0 Å². The lowest BCUT2D eigenvalue weighted by molar-refractivity contribution is 0.399. The minimum absolute atomic E-state index is 0.486. The molecule has 1 saturated carbocycles. The topological polar surface area (TPSA) is 39.1 Å². The fourth-order valence-corrected chi connectivity index (χ4v) is 2.35. The Labute approximate surface area is 110 Å². The maximum absolute atomic E-state index is 5.43. The van der Waals surface area contributed by atoms with E-state index >= 15 is 0 Å². The third-order valence-corrected chi connectivity index (χ3v) is 3.55. The highest BCUT2D eigenvalue weighted by atomic mass is 16.5. The zero-order valence-corrected chi connectivity index (χ0v) is 11.8. The Morgan fingerprint density at radius 1 is 1.56 bits per heavy atom. The molecule has 0 spiro atoms. The second-order valence-electron chi connectivity index (χ2n) is 5.24. The average molecular weight is 251 g/mol. The maximum atomic E-state index is 5.43. The predicted molar refractivity (Wildman–Crippen MR) is 73.1 cm³/mol. The average Bonchev–Trinajstić information content (AvgIpc) is 3.09. The minimum atomic E-state index is 0.486. The van der Waals surface area contributed by atoms with Crippen LogP contribution in [0.4, 0.5) is 0 Å². The molecule has 1 fully saturated rings. The summed E-state index contributed by atoms with van der Waals surface area (Å²) in [5, 5.41) is 7.99. The summed E-state index contributed by atoms with van der Waals surface area (Å²) in [6.45, 7) is 6.50. The summed E-state index contributed by atoms with van der Waals surface area (Å²) in [6, 6.07) is 0.791. The van der Waals surface area contributed by atoms with Crippen LogP contribution in [0.15, 0.2) is 6.20 Å². The van der Waals surface area contributed by atoms with Gasteiger partial charge in [0.05, 0.1) is 19.0 Å². The normalized spacial score (nSPS) is 16.8. The van der Waals surface area contributed by atoms with Crippen LogP contribution in [0.3, 0.4) is 0 Å². The Hall–Kier alpha value is -1.03. The number of aryl methyl sites for hydroxylation is 1. The molecule has 102 valence electrons. The van der Waals surface area contributed by atoms with E-state index in [1.54, 1.807) is 7.11 Å². The van der Waals surface area contributed by atoms with Crippen LogP contribution in [0.25, 0.3) is 0 Å². The quantitative estimate of drug-likeness (QED) is 0.771. The first-order valence-electron chi connectivity index (χ1n) is 7.09. The van der Waals surface area contributed by atoms with Gasteiger partial charge in [0.25, 0.3) is 0 Å². The fraction of sp³-hybridized carbons (Fsp3) is 0.786. The molecule has 0 radical (unpaired) electrons. The van der Waals surface area contributed by atoms with Crippen LogP contribution in [0.5, 0.6) is 5.75 Å². The van der Waals surface area contributed by atoms with E-state index in [9.17, 15) is 0 Å². The molecular weight excluding hydrogens is 226 g/mol. The van der Waals surface area contributed by atoms with Crippen LogP contribution in [0, 0.1) is 0 Å². The maximum Gasteiger partial charge on any atom is 0.160 e. The number of hydrogen-bond acceptors (Lipinski definition) is 3. The molecule has 1 aliphatic rings. The summed E-state index contributed by atoms with van der Waals surface area (Å²) in [5.41, 5.74) is 1.25. The van der Waals surface area contributed by atoms with Gasteiger partial charge in [0.1, 0.15) is 0 Å². The number of hydrogen-bond donors (Lipinski definition) is 1. The first-order valence-corrected chi connectivity index (χ1v) is 7.09. The van der Waals surface area contributed by atoms with Crippen LogP contribution in [0.1, 0.15) is 51.1 Å². The second-order valence-corrected chi connectivity index (χ2v) is 5.24. The van der Waals surface area contributed by atoms with Crippen molar-refractivity contribution in [3.05, 3.63) is 11.9 Å². The molecule has 1 aliphatic carbocycles. The van der Waals surface area contributed by atoms with Gasteiger partial charge in [-0.2, -0.15) is 5.10 Å². The third kappa shape index (κ3) is 3.25. The van der Waals surface area contributed by atoms with Crippen molar-refractivity contribution in [3.8, 4) is 5.75 Å². The standard InChI is InChI=1S/C14H25N3O/c1-4-9-17-14(13(18-3)10-16-17)11(2)7-8-15-12-5-6-12/h10-12,15H,4-9H2,1-3H3. The molecular formula is C14H25N3O. The molecule has 1 aromatic heterocycles. The van der Waals surface area contributed by atoms with Gasteiger partial charge < -0.3 is 10.1 Å². The second kappa shape index (κ2) is 6.23. The van der Waals surface area contributed by atoms with Crippen LogP contribution in [-0.4, -0.2) is 29.5 Å². The van der Waals surface area contributed by atoms with E-state index in [-0.39, 0.29) is 0 Å². The summed E-state index contributed by atoms with van der Waals surface area (Å²) in [5.74, 6) is 1.42. The van der Waals surface area contributed by atoms with E-state index in [1.807, 2.05) is 6.20 Å².